The minimum Gasteiger partial charge on any atom is -0.464 e. The largest absolute Gasteiger partial charge is 0.464 e. The lowest BCUT2D eigenvalue weighted by Crippen LogP contribution is -2.07. The monoisotopic (exact) mass is 266 g/mol. The number of esters is 1. The Morgan fingerprint density at radius 3 is 2.89 bits per heavy atom. The lowest BCUT2D eigenvalue weighted by Gasteiger charge is -2.00. The predicted molar refractivity (Wildman–Crippen MR) is 69.1 cm³/mol. The average Bonchev–Trinajstić information content (AvgIpc) is 2.91. The highest BCUT2D eigenvalue weighted by Gasteiger charge is 2.19. The highest BCUT2D eigenvalue weighted by atomic mass is 32.1. The fraction of sp³-hybridized carbons (Fsp3) is 0.364. The number of thiazole rings is 1. The van der Waals surface area contributed by atoms with E-state index in [1.165, 1.54) is 24.8 Å². The van der Waals surface area contributed by atoms with Crippen molar-refractivity contribution in [2.24, 2.45) is 0 Å². The Balaban J connectivity index is 2.45. The molecule has 0 aromatic carbocycles. The van der Waals surface area contributed by atoms with Crippen molar-refractivity contribution in [2.45, 2.75) is 20.3 Å². The van der Waals surface area contributed by atoms with Gasteiger partial charge in [-0.25, -0.2) is 14.8 Å². The Bertz CT molecular complexity index is 588. The second kappa shape index (κ2) is 4.77. The van der Waals surface area contributed by atoms with Gasteiger partial charge in [-0.05, 0) is 13.3 Å². The molecule has 2 N–H and O–H groups in total. The van der Waals surface area contributed by atoms with Crippen LogP contribution >= 0.6 is 11.3 Å². The zero-order chi connectivity index (χ0) is 13.3. The van der Waals surface area contributed by atoms with E-state index in [-0.39, 0.29) is 11.5 Å². The van der Waals surface area contributed by atoms with Crippen LogP contribution in [0.15, 0.2) is 6.33 Å². The molecule has 6 nitrogen and oxygen atoms in total. The number of nitrogens with two attached hydrogens (primary N) is 1. The predicted octanol–water partition coefficient (Wildman–Crippen LogP) is 1.57. The van der Waals surface area contributed by atoms with Crippen LogP contribution in [0.4, 0.5) is 5.82 Å². The quantitative estimate of drug-likeness (QED) is 0.852. The minimum absolute atomic E-state index is 0.114. The number of rotatable bonds is 3. The highest BCUT2D eigenvalue weighted by Crippen LogP contribution is 2.25. The Morgan fingerprint density at radius 1 is 1.61 bits per heavy atom. The summed E-state index contributed by atoms with van der Waals surface area (Å²) in [7, 11) is 1.30. The first kappa shape index (κ1) is 12.6. The van der Waals surface area contributed by atoms with Crippen molar-refractivity contribution in [1.82, 2.24) is 14.5 Å². The molecule has 2 rings (SSSR count). The van der Waals surface area contributed by atoms with E-state index < -0.39 is 5.97 Å². The van der Waals surface area contributed by atoms with Crippen LogP contribution in [0.25, 0.3) is 5.13 Å². The van der Waals surface area contributed by atoms with Gasteiger partial charge in [-0.2, -0.15) is 0 Å². The number of aryl methyl sites for hydroxylation is 2. The average molecular weight is 266 g/mol. The minimum atomic E-state index is -0.546. The number of anilines is 1. The number of imidazole rings is 1. The molecule has 2 heterocycles. The molecular weight excluding hydrogens is 252 g/mol. The van der Waals surface area contributed by atoms with Crippen LogP contribution in [0.1, 0.15) is 28.0 Å². The summed E-state index contributed by atoms with van der Waals surface area (Å²) in [6.07, 6.45) is 2.35. The number of hydrogen-bond donors (Lipinski definition) is 1. The zero-order valence-corrected chi connectivity index (χ0v) is 11.2. The maximum atomic E-state index is 11.4. The molecule has 96 valence electrons. The number of carbonyl (C=O) groups excluding carboxylic acids is 1. The first-order valence-electron chi connectivity index (χ1n) is 5.46. The van der Waals surface area contributed by atoms with E-state index in [9.17, 15) is 4.79 Å². The molecule has 2 aromatic rings. The van der Waals surface area contributed by atoms with Crippen LogP contribution in [0.2, 0.25) is 0 Å². The fourth-order valence-electron chi connectivity index (χ4n) is 1.61. The summed E-state index contributed by atoms with van der Waals surface area (Å²) in [4.78, 5) is 21.0. The van der Waals surface area contributed by atoms with Gasteiger partial charge in [0.05, 0.1) is 12.8 Å². The molecular formula is C11H14N4O2S. The maximum Gasteiger partial charge on any atom is 0.360 e. The van der Waals surface area contributed by atoms with Gasteiger partial charge in [0.15, 0.2) is 10.8 Å². The lowest BCUT2D eigenvalue weighted by molar-refractivity contribution is 0.0596. The van der Waals surface area contributed by atoms with Gasteiger partial charge in [0.25, 0.3) is 0 Å². The molecule has 0 aliphatic carbocycles. The molecule has 0 bridgehead atoms. The molecule has 2 aromatic heterocycles. The normalized spacial score (nSPS) is 10.6. The summed E-state index contributed by atoms with van der Waals surface area (Å²) >= 11 is 1.52. The van der Waals surface area contributed by atoms with Crippen LogP contribution in [-0.2, 0) is 11.2 Å². The number of nitrogens with zero attached hydrogens (tertiary/aromatic N) is 3. The third-order valence-corrected chi connectivity index (χ3v) is 3.62. The number of methoxy groups -OCH3 is 1. The Kier molecular flexibility index (Phi) is 3.33. The third kappa shape index (κ3) is 1.97. The number of nitrogen functional groups attached to an aromatic ring is 1. The molecule has 0 radical (unpaired) electrons. The highest BCUT2D eigenvalue weighted by molar-refractivity contribution is 7.14. The summed E-state index contributed by atoms with van der Waals surface area (Å²) < 4.78 is 6.20. The van der Waals surface area contributed by atoms with Gasteiger partial charge in [0.2, 0.25) is 0 Å². The van der Waals surface area contributed by atoms with E-state index in [1.807, 2.05) is 13.8 Å². The molecule has 0 amide bonds. The molecule has 7 heteroatoms. The zero-order valence-electron chi connectivity index (χ0n) is 10.4. The van der Waals surface area contributed by atoms with Crippen LogP contribution in [-0.4, -0.2) is 27.6 Å². The number of aromatic nitrogens is 3. The molecule has 0 fully saturated rings. The van der Waals surface area contributed by atoms with Crippen molar-refractivity contribution in [2.75, 3.05) is 12.8 Å². The van der Waals surface area contributed by atoms with Crippen LogP contribution < -0.4 is 5.73 Å². The summed E-state index contributed by atoms with van der Waals surface area (Å²) in [5.41, 5.74) is 7.02. The maximum absolute atomic E-state index is 11.4. The standard InChI is InChI=1S/C11H14N4O2S/c1-4-7-6(2)18-11(14-7)15-5-13-8(9(15)12)10(16)17-3/h5H,4,12H2,1-3H3. The van der Waals surface area contributed by atoms with E-state index in [0.29, 0.717) is 5.13 Å². The van der Waals surface area contributed by atoms with Gasteiger partial charge in [0.1, 0.15) is 12.1 Å². The van der Waals surface area contributed by atoms with E-state index in [2.05, 4.69) is 14.7 Å². The molecule has 0 atom stereocenters. The van der Waals surface area contributed by atoms with Crippen molar-refractivity contribution in [3.8, 4) is 5.13 Å². The smallest absolute Gasteiger partial charge is 0.360 e. The Morgan fingerprint density at radius 2 is 2.33 bits per heavy atom. The number of ether oxygens (including phenoxy) is 1. The van der Waals surface area contributed by atoms with Crippen molar-refractivity contribution in [1.29, 1.82) is 0 Å². The van der Waals surface area contributed by atoms with Crippen molar-refractivity contribution >= 4 is 23.1 Å². The second-order valence-corrected chi connectivity index (χ2v) is 4.87. The van der Waals surface area contributed by atoms with E-state index >= 15 is 0 Å². The lowest BCUT2D eigenvalue weighted by atomic mass is 10.3. The molecule has 0 unspecified atom stereocenters. The molecule has 18 heavy (non-hydrogen) atoms. The van der Waals surface area contributed by atoms with Gasteiger partial charge < -0.3 is 10.5 Å². The summed E-state index contributed by atoms with van der Waals surface area (Å²) in [6.45, 7) is 4.05. The molecule has 0 aliphatic rings. The molecule has 0 saturated heterocycles. The Labute approximate surface area is 108 Å². The second-order valence-electron chi connectivity index (χ2n) is 3.69. The van der Waals surface area contributed by atoms with E-state index in [1.54, 1.807) is 4.57 Å². The molecule has 0 saturated carbocycles. The first-order chi connectivity index (χ1) is 8.58. The van der Waals surface area contributed by atoms with Gasteiger partial charge in [-0.1, -0.05) is 6.92 Å². The Hall–Kier alpha value is -1.89. The van der Waals surface area contributed by atoms with Crippen LogP contribution in [0.5, 0.6) is 0 Å². The number of carbonyl (C=O) groups is 1. The topological polar surface area (TPSA) is 83.0 Å². The summed E-state index contributed by atoms with van der Waals surface area (Å²) in [5.74, 6) is -0.298. The summed E-state index contributed by atoms with van der Waals surface area (Å²) in [5, 5.41) is 0.713. The van der Waals surface area contributed by atoms with Crippen LogP contribution in [0.3, 0.4) is 0 Å². The van der Waals surface area contributed by atoms with Crippen LogP contribution in [0, 0.1) is 6.92 Å². The van der Waals surface area contributed by atoms with Crippen molar-refractivity contribution in [3.05, 3.63) is 22.6 Å². The van der Waals surface area contributed by atoms with E-state index in [0.717, 1.165) is 17.0 Å². The summed E-state index contributed by atoms with van der Waals surface area (Å²) in [6, 6.07) is 0. The molecule has 0 spiro atoms. The molecule has 0 aliphatic heterocycles. The number of hydrogen-bond acceptors (Lipinski definition) is 6. The van der Waals surface area contributed by atoms with E-state index in [4.69, 9.17) is 5.73 Å². The van der Waals surface area contributed by atoms with Crippen molar-refractivity contribution in [3.63, 3.8) is 0 Å². The first-order valence-corrected chi connectivity index (χ1v) is 6.28. The van der Waals surface area contributed by atoms with Gasteiger partial charge in [0, 0.05) is 4.88 Å². The van der Waals surface area contributed by atoms with Crippen molar-refractivity contribution < 1.29 is 9.53 Å². The van der Waals surface area contributed by atoms with Gasteiger partial charge in [-0.15, -0.1) is 11.3 Å². The fourth-order valence-corrected chi connectivity index (χ4v) is 2.59. The van der Waals surface area contributed by atoms with Gasteiger partial charge >= 0.3 is 5.97 Å². The SMILES string of the molecule is CCc1nc(-n2cnc(C(=O)OC)c2N)sc1C. The third-order valence-electron chi connectivity index (χ3n) is 2.61. The van der Waals surface area contributed by atoms with Gasteiger partial charge in [-0.3, -0.25) is 4.57 Å².